The summed E-state index contributed by atoms with van der Waals surface area (Å²) < 4.78 is 0. The van der Waals surface area contributed by atoms with E-state index in [0.717, 1.165) is 5.56 Å². The molecular weight excluding hydrogens is 254 g/mol. The van der Waals surface area contributed by atoms with Crippen molar-refractivity contribution in [1.82, 2.24) is 5.32 Å². The van der Waals surface area contributed by atoms with Crippen molar-refractivity contribution in [2.45, 2.75) is 12.5 Å². The van der Waals surface area contributed by atoms with Gasteiger partial charge >= 0.3 is 0 Å². The van der Waals surface area contributed by atoms with Crippen molar-refractivity contribution >= 4 is 5.91 Å². The lowest BCUT2D eigenvalue weighted by atomic mass is 10.1. The van der Waals surface area contributed by atoms with E-state index in [-0.39, 0.29) is 24.3 Å². The number of phenolic OH excluding ortho intramolecular Hbond substituents is 1. The molecule has 0 aliphatic carbocycles. The minimum Gasteiger partial charge on any atom is -0.508 e. The summed E-state index contributed by atoms with van der Waals surface area (Å²) in [6, 6.07) is 15.2. The van der Waals surface area contributed by atoms with Crippen LogP contribution in [0.3, 0.4) is 0 Å². The van der Waals surface area contributed by atoms with Crippen LogP contribution < -0.4 is 5.32 Å². The maximum atomic E-state index is 12.0. The van der Waals surface area contributed by atoms with Gasteiger partial charge in [0.05, 0.1) is 12.6 Å². The quantitative estimate of drug-likeness (QED) is 0.775. The number of aromatic hydroxyl groups is 1. The van der Waals surface area contributed by atoms with Crippen molar-refractivity contribution in [2.24, 2.45) is 0 Å². The predicted molar refractivity (Wildman–Crippen MR) is 76.6 cm³/mol. The Hall–Kier alpha value is -2.33. The summed E-state index contributed by atoms with van der Waals surface area (Å²) in [5, 5.41) is 21.4. The highest BCUT2D eigenvalue weighted by Gasteiger charge is 2.13. The number of hydrogen-bond acceptors (Lipinski definition) is 3. The first kappa shape index (κ1) is 14.1. The Morgan fingerprint density at radius 1 is 1.05 bits per heavy atom. The van der Waals surface area contributed by atoms with Gasteiger partial charge in [0, 0.05) is 5.56 Å². The van der Waals surface area contributed by atoms with E-state index in [2.05, 4.69) is 5.32 Å². The molecule has 1 amide bonds. The number of aliphatic hydroxyl groups excluding tert-OH is 1. The Morgan fingerprint density at radius 3 is 2.30 bits per heavy atom. The van der Waals surface area contributed by atoms with Gasteiger partial charge < -0.3 is 15.5 Å². The first-order chi connectivity index (χ1) is 9.69. The van der Waals surface area contributed by atoms with Gasteiger partial charge in [-0.2, -0.15) is 0 Å². The topological polar surface area (TPSA) is 69.6 Å². The van der Waals surface area contributed by atoms with Gasteiger partial charge in [0.25, 0.3) is 5.91 Å². The van der Waals surface area contributed by atoms with Crippen LogP contribution in [0.1, 0.15) is 15.9 Å². The molecule has 0 radical (unpaired) electrons. The Balaban J connectivity index is 1.99. The number of benzene rings is 2. The second-order valence-corrected chi connectivity index (χ2v) is 4.59. The third-order valence-corrected chi connectivity index (χ3v) is 3.01. The fourth-order valence-electron chi connectivity index (χ4n) is 1.94. The van der Waals surface area contributed by atoms with Gasteiger partial charge in [0.15, 0.2) is 0 Å². The van der Waals surface area contributed by atoms with Crippen LogP contribution in [0, 0.1) is 0 Å². The maximum absolute atomic E-state index is 12.0. The predicted octanol–water partition coefficient (Wildman–Crippen LogP) is 1.73. The van der Waals surface area contributed by atoms with Crippen molar-refractivity contribution in [1.29, 1.82) is 0 Å². The van der Waals surface area contributed by atoms with E-state index < -0.39 is 0 Å². The summed E-state index contributed by atoms with van der Waals surface area (Å²) >= 11 is 0. The summed E-state index contributed by atoms with van der Waals surface area (Å²) in [5.41, 5.74) is 1.51. The van der Waals surface area contributed by atoms with Crippen LogP contribution in [0.25, 0.3) is 0 Å². The molecule has 2 aromatic rings. The molecule has 4 nitrogen and oxygen atoms in total. The summed E-state index contributed by atoms with van der Waals surface area (Å²) in [5.74, 6) is -0.00829. The molecule has 0 saturated carbocycles. The highest BCUT2D eigenvalue weighted by atomic mass is 16.3. The Bertz CT molecular complexity index is 552. The number of nitrogens with one attached hydrogen (secondary N) is 1. The van der Waals surface area contributed by atoms with E-state index in [4.69, 9.17) is 0 Å². The van der Waals surface area contributed by atoms with Gasteiger partial charge in [0.2, 0.25) is 0 Å². The molecule has 20 heavy (non-hydrogen) atoms. The molecule has 0 aliphatic heterocycles. The minimum absolute atomic E-state index is 0.139. The molecule has 0 spiro atoms. The first-order valence-electron chi connectivity index (χ1n) is 6.43. The van der Waals surface area contributed by atoms with Crippen molar-refractivity contribution in [2.75, 3.05) is 6.61 Å². The van der Waals surface area contributed by atoms with Crippen LogP contribution in [0.15, 0.2) is 54.6 Å². The van der Waals surface area contributed by atoms with E-state index in [1.54, 1.807) is 48.5 Å². The highest BCUT2D eigenvalue weighted by molar-refractivity contribution is 5.94. The van der Waals surface area contributed by atoms with Crippen molar-refractivity contribution in [3.05, 3.63) is 65.7 Å². The monoisotopic (exact) mass is 271 g/mol. The molecule has 0 bridgehead atoms. The second kappa shape index (κ2) is 6.73. The van der Waals surface area contributed by atoms with Crippen molar-refractivity contribution < 1.29 is 15.0 Å². The Labute approximate surface area is 117 Å². The number of carbonyl (C=O) groups excluding carboxylic acids is 1. The number of hydrogen-bond donors (Lipinski definition) is 3. The van der Waals surface area contributed by atoms with E-state index >= 15 is 0 Å². The average Bonchev–Trinajstić information content (AvgIpc) is 2.49. The average molecular weight is 271 g/mol. The minimum atomic E-state index is -0.354. The van der Waals surface area contributed by atoms with Crippen LogP contribution >= 0.6 is 0 Å². The Morgan fingerprint density at radius 2 is 1.70 bits per heavy atom. The van der Waals surface area contributed by atoms with Crippen LogP contribution in [0.2, 0.25) is 0 Å². The zero-order valence-corrected chi connectivity index (χ0v) is 11.0. The lowest BCUT2D eigenvalue weighted by Gasteiger charge is -2.16. The van der Waals surface area contributed by atoms with E-state index in [1.165, 1.54) is 0 Å². The zero-order valence-electron chi connectivity index (χ0n) is 11.0. The SMILES string of the molecule is O=C(NC(CO)Cc1ccc(O)cc1)c1ccccc1. The molecule has 0 aromatic heterocycles. The van der Waals surface area contributed by atoms with Gasteiger partial charge in [-0.25, -0.2) is 0 Å². The van der Waals surface area contributed by atoms with Crippen LogP contribution in [-0.4, -0.2) is 28.8 Å². The normalized spacial score (nSPS) is 11.8. The van der Waals surface area contributed by atoms with Crippen LogP contribution in [-0.2, 0) is 6.42 Å². The van der Waals surface area contributed by atoms with Gasteiger partial charge in [0.1, 0.15) is 5.75 Å². The molecular formula is C16H17NO3. The van der Waals surface area contributed by atoms with Gasteiger partial charge in [-0.15, -0.1) is 0 Å². The molecule has 4 heteroatoms. The first-order valence-corrected chi connectivity index (χ1v) is 6.43. The summed E-state index contributed by atoms with van der Waals surface area (Å²) in [4.78, 5) is 12.0. The fraction of sp³-hybridized carbons (Fsp3) is 0.188. The third-order valence-electron chi connectivity index (χ3n) is 3.01. The molecule has 2 rings (SSSR count). The van der Waals surface area contributed by atoms with Gasteiger partial charge in [-0.1, -0.05) is 30.3 Å². The number of aliphatic hydroxyl groups is 1. The maximum Gasteiger partial charge on any atom is 0.251 e. The second-order valence-electron chi connectivity index (χ2n) is 4.59. The molecule has 0 aliphatic rings. The molecule has 1 unspecified atom stereocenters. The molecule has 1 atom stereocenters. The molecule has 0 fully saturated rings. The van der Waals surface area contributed by atoms with E-state index in [1.807, 2.05) is 6.07 Å². The van der Waals surface area contributed by atoms with Crippen molar-refractivity contribution in [3.8, 4) is 5.75 Å². The van der Waals surface area contributed by atoms with Crippen molar-refractivity contribution in [3.63, 3.8) is 0 Å². The van der Waals surface area contributed by atoms with Crippen LogP contribution in [0.5, 0.6) is 5.75 Å². The lowest BCUT2D eigenvalue weighted by molar-refractivity contribution is 0.0916. The number of phenols is 1. The van der Waals surface area contributed by atoms with E-state index in [9.17, 15) is 15.0 Å². The molecule has 104 valence electrons. The smallest absolute Gasteiger partial charge is 0.251 e. The number of rotatable bonds is 5. The summed E-state index contributed by atoms with van der Waals surface area (Å²) in [7, 11) is 0. The summed E-state index contributed by atoms with van der Waals surface area (Å²) in [6.07, 6.45) is 0.509. The van der Waals surface area contributed by atoms with Gasteiger partial charge in [-0.05, 0) is 36.2 Å². The molecule has 0 heterocycles. The fourth-order valence-corrected chi connectivity index (χ4v) is 1.94. The number of amides is 1. The standard InChI is InChI=1S/C16H17NO3/c18-11-14(10-12-6-8-15(19)9-7-12)17-16(20)13-4-2-1-3-5-13/h1-9,14,18-19H,10-11H2,(H,17,20). The van der Waals surface area contributed by atoms with Gasteiger partial charge in [-0.3, -0.25) is 4.79 Å². The lowest BCUT2D eigenvalue weighted by Crippen LogP contribution is -2.39. The van der Waals surface area contributed by atoms with Crippen LogP contribution in [0.4, 0.5) is 0 Å². The largest absolute Gasteiger partial charge is 0.508 e. The highest BCUT2D eigenvalue weighted by Crippen LogP contribution is 2.11. The summed E-state index contributed by atoms with van der Waals surface area (Å²) in [6.45, 7) is -0.139. The molecule has 0 saturated heterocycles. The third kappa shape index (κ3) is 3.83. The zero-order chi connectivity index (χ0) is 14.4. The van der Waals surface area contributed by atoms with E-state index in [0.29, 0.717) is 12.0 Å². The molecule has 2 aromatic carbocycles. The number of carbonyl (C=O) groups is 1. The molecule has 3 N–H and O–H groups in total. The Kier molecular flexibility index (Phi) is 4.74.